The molecular formula is C11H14BrClFNO2. The Hall–Kier alpha value is -0.650. The van der Waals surface area contributed by atoms with Gasteiger partial charge >= 0.3 is 5.97 Å². The summed E-state index contributed by atoms with van der Waals surface area (Å²) in [4.78, 5) is 10.8. The predicted octanol–water partition coefficient (Wildman–Crippen LogP) is 2.70. The number of carboxylic acids is 1. The van der Waals surface area contributed by atoms with E-state index >= 15 is 0 Å². The lowest BCUT2D eigenvalue weighted by molar-refractivity contribution is -0.138. The fourth-order valence-corrected chi connectivity index (χ4v) is 1.88. The van der Waals surface area contributed by atoms with Crippen LogP contribution in [0.3, 0.4) is 0 Å². The van der Waals surface area contributed by atoms with Crippen LogP contribution in [0.2, 0.25) is 0 Å². The summed E-state index contributed by atoms with van der Waals surface area (Å²) in [5.41, 5.74) is 5.64. The lowest BCUT2D eigenvalue weighted by Crippen LogP contribution is -2.34. The smallest absolute Gasteiger partial charge is 0.304 e. The highest BCUT2D eigenvalue weighted by molar-refractivity contribution is 9.10. The molecule has 0 amide bonds. The lowest BCUT2D eigenvalue weighted by Gasteiger charge is -2.26. The zero-order valence-corrected chi connectivity index (χ0v) is 11.6. The van der Waals surface area contributed by atoms with Gasteiger partial charge in [0.25, 0.3) is 0 Å². The van der Waals surface area contributed by atoms with Crippen LogP contribution >= 0.6 is 28.3 Å². The Kier molecular flexibility index (Phi) is 6.09. The van der Waals surface area contributed by atoms with Gasteiger partial charge in [0.1, 0.15) is 5.82 Å². The van der Waals surface area contributed by atoms with E-state index in [1.165, 1.54) is 6.07 Å². The van der Waals surface area contributed by atoms with E-state index in [2.05, 4.69) is 15.9 Å². The molecule has 0 heterocycles. The van der Waals surface area contributed by atoms with Gasteiger partial charge in [0.05, 0.1) is 10.9 Å². The summed E-state index contributed by atoms with van der Waals surface area (Å²) in [6.45, 7) is 1.94. The zero-order chi connectivity index (χ0) is 12.3. The van der Waals surface area contributed by atoms with Gasteiger partial charge < -0.3 is 10.8 Å². The molecule has 0 fully saturated rings. The van der Waals surface area contributed by atoms with Gasteiger partial charge in [-0.25, -0.2) is 4.39 Å². The molecular weight excluding hydrogens is 312 g/mol. The van der Waals surface area contributed by atoms with Crippen molar-refractivity contribution in [2.24, 2.45) is 5.73 Å². The normalized spacial score (nSPS) is 13.6. The first kappa shape index (κ1) is 16.4. The minimum Gasteiger partial charge on any atom is -0.481 e. The summed E-state index contributed by atoms with van der Waals surface area (Å²) in [6, 6.07) is 4.44. The number of hydrogen-bond acceptors (Lipinski definition) is 2. The van der Waals surface area contributed by atoms with Crippen LogP contribution in [-0.2, 0) is 10.2 Å². The number of aliphatic carboxylic acids is 1. The molecule has 1 unspecified atom stereocenters. The minimum atomic E-state index is -0.923. The van der Waals surface area contributed by atoms with E-state index in [-0.39, 0.29) is 31.2 Å². The number of hydrogen-bond donors (Lipinski definition) is 2. The van der Waals surface area contributed by atoms with E-state index in [0.29, 0.717) is 10.0 Å². The Morgan fingerprint density at radius 1 is 1.59 bits per heavy atom. The van der Waals surface area contributed by atoms with E-state index in [9.17, 15) is 9.18 Å². The van der Waals surface area contributed by atoms with Crippen LogP contribution in [0.15, 0.2) is 22.7 Å². The van der Waals surface area contributed by atoms with Crippen LogP contribution in [-0.4, -0.2) is 17.6 Å². The standard InChI is InChI=1S/C11H13BrFNO2.ClH/c1-11(6-14,5-10(15)16)7-2-3-9(13)8(12)4-7;/h2-4H,5-6,14H2,1H3,(H,15,16);1H. The maximum atomic E-state index is 13.1. The summed E-state index contributed by atoms with van der Waals surface area (Å²) in [6.07, 6.45) is -0.0818. The highest BCUT2D eigenvalue weighted by Crippen LogP contribution is 2.29. The lowest BCUT2D eigenvalue weighted by atomic mass is 9.79. The van der Waals surface area contributed by atoms with Crippen molar-refractivity contribution in [1.29, 1.82) is 0 Å². The van der Waals surface area contributed by atoms with E-state index < -0.39 is 11.4 Å². The maximum Gasteiger partial charge on any atom is 0.304 e. The molecule has 0 aliphatic rings. The molecule has 3 nitrogen and oxygen atoms in total. The van der Waals surface area contributed by atoms with Gasteiger partial charge in [0, 0.05) is 12.0 Å². The largest absolute Gasteiger partial charge is 0.481 e. The van der Waals surface area contributed by atoms with Gasteiger partial charge in [0.2, 0.25) is 0 Å². The number of carbonyl (C=O) groups is 1. The SMILES string of the molecule is CC(CN)(CC(=O)O)c1ccc(F)c(Br)c1.Cl. The third-order valence-electron chi connectivity index (χ3n) is 2.61. The maximum absolute atomic E-state index is 13.1. The number of rotatable bonds is 4. The molecule has 0 saturated heterocycles. The predicted molar refractivity (Wildman–Crippen MR) is 70.0 cm³/mol. The van der Waals surface area contributed by atoms with Crippen molar-refractivity contribution in [3.63, 3.8) is 0 Å². The van der Waals surface area contributed by atoms with Gasteiger partial charge in [0.15, 0.2) is 0 Å². The molecule has 0 aromatic heterocycles. The van der Waals surface area contributed by atoms with E-state index in [1.807, 2.05) is 0 Å². The highest BCUT2D eigenvalue weighted by Gasteiger charge is 2.28. The third kappa shape index (κ3) is 3.94. The van der Waals surface area contributed by atoms with Crippen molar-refractivity contribution in [2.45, 2.75) is 18.8 Å². The first-order chi connectivity index (χ1) is 7.39. The van der Waals surface area contributed by atoms with Crippen LogP contribution in [0.25, 0.3) is 0 Å². The Labute approximate surface area is 114 Å². The molecule has 0 aliphatic heterocycles. The molecule has 1 atom stereocenters. The van der Waals surface area contributed by atoms with Gasteiger partial charge in [-0.3, -0.25) is 4.79 Å². The third-order valence-corrected chi connectivity index (χ3v) is 3.22. The summed E-state index contributed by atoms with van der Waals surface area (Å²) in [5.74, 6) is -1.30. The van der Waals surface area contributed by atoms with Crippen LogP contribution in [0.4, 0.5) is 4.39 Å². The highest BCUT2D eigenvalue weighted by atomic mass is 79.9. The van der Waals surface area contributed by atoms with Crippen LogP contribution in [0.5, 0.6) is 0 Å². The van der Waals surface area contributed by atoms with Crippen LogP contribution < -0.4 is 5.73 Å². The topological polar surface area (TPSA) is 63.3 Å². The van der Waals surface area contributed by atoms with Crippen molar-refractivity contribution in [3.05, 3.63) is 34.1 Å². The summed E-state index contributed by atoms with van der Waals surface area (Å²) in [5, 5.41) is 8.82. The Bertz CT molecular complexity index is 416. The molecule has 17 heavy (non-hydrogen) atoms. The summed E-state index contributed by atoms with van der Waals surface area (Å²) < 4.78 is 13.4. The van der Waals surface area contributed by atoms with Crippen molar-refractivity contribution in [1.82, 2.24) is 0 Å². The average molecular weight is 327 g/mol. The molecule has 6 heteroatoms. The molecule has 96 valence electrons. The van der Waals surface area contributed by atoms with Gasteiger partial charge in [-0.1, -0.05) is 13.0 Å². The summed E-state index contributed by atoms with van der Waals surface area (Å²) >= 11 is 3.07. The molecule has 3 N–H and O–H groups in total. The molecule has 1 aromatic rings. The monoisotopic (exact) mass is 325 g/mol. The Morgan fingerprint density at radius 2 is 2.18 bits per heavy atom. The first-order valence-corrected chi connectivity index (χ1v) is 5.56. The van der Waals surface area contributed by atoms with Gasteiger partial charge in [-0.2, -0.15) is 0 Å². The molecule has 0 aliphatic carbocycles. The number of halogens is 3. The summed E-state index contributed by atoms with van der Waals surface area (Å²) in [7, 11) is 0. The van der Waals surface area contributed by atoms with Crippen molar-refractivity contribution in [2.75, 3.05) is 6.54 Å². The fraction of sp³-hybridized carbons (Fsp3) is 0.364. The first-order valence-electron chi connectivity index (χ1n) is 4.76. The molecule has 0 spiro atoms. The number of benzene rings is 1. The number of carboxylic acid groups (broad SMARTS) is 1. The molecule has 0 radical (unpaired) electrons. The Morgan fingerprint density at radius 3 is 2.59 bits per heavy atom. The number of nitrogens with two attached hydrogens (primary N) is 1. The fourth-order valence-electron chi connectivity index (χ4n) is 1.50. The molecule has 1 rings (SSSR count). The molecule has 0 saturated carbocycles. The van der Waals surface area contributed by atoms with E-state index in [1.54, 1.807) is 19.1 Å². The minimum absolute atomic E-state index is 0. The van der Waals surface area contributed by atoms with Crippen LogP contribution in [0, 0.1) is 5.82 Å². The second-order valence-electron chi connectivity index (χ2n) is 3.96. The molecule has 1 aromatic carbocycles. The van der Waals surface area contributed by atoms with Gasteiger partial charge in [-0.05, 0) is 33.6 Å². The average Bonchev–Trinajstić information content (AvgIpc) is 2.21. The quantitative estimate of drug-likeness (QED) is 0.894. The van der Waals surface area contributed by atoms with Crippen molar-refractivity contribution in [3.8, 4) is 0 Å². The molecule has 0 bridgehead atoms. The second-order valence-corrected chi connectivity index (χ2v) is 4.82. The zero-order valence-electron chi connectivity index (χ0n) is 9.24. The van der Waals surface area contributed by atoms with E-state index in [0.717, 1.165) is 0 Å². The van der Waals surface area contributed by atoms with E-state index in [4.69, 9.17) is 10.8 Å². The Balaban J connectivity index is 0.00000256. The van der Waals surface area contributed by atoms with Crippen molar-refractivity contribution >= 4 is 34.3 Å². The van der Waals surface area contributed by atoms with Crippen molar-refractivity contribution < 1.29 is 14.3 Å². The van der Waals surface area contributed by atoms with Gasteiger partial charge in [-0.15, -0.1) is 12.4 Å². The van der Waals surface area contributed by atoms with Crippen LogP contribution in [0.1, 0.15) is 18.9 Å². The second kappa shape index (κ2) is 6.33.